The normalized spacial score (nSPS) is 18.3. The number of fused-ring (bicyclic) bond motifs is 10. The molecular weight excluding hydrogens is 655 g/mol. The monoisotopic (exact) mass is 693 g/mol. The molecule has 1 unspecified atom stereocenters. The molecule has 10 rings (SSSR count). The van der Waals surface area contributed by atoms with Crippen molar-refractivity contribution in [3.05, 3.63) is 221 Å². The number of aryl methyl sites for hydroxylation is 1. The van der Waals surface area contributed by atoms with Gasteiger partial charge in [-0.15, -0.1) is 0 Å². The highest BCUT2D eigenvalue weighted by Crippen LogP contribution is 2.58. The summed E-state index contributed by atoms with van der Waals surface area (Å²) in [5.74, 6) is 0. The van der Waals surface area contributed by atoms with Gasteiger partial charge in [0.05, 0.1) is 22.3 Å². The van der Waals surface area contributed by atoms with Gasteiger partial charge in [-0.25, -0.2) is 0 Å². The fraction of sp³-hybridized carbons (Fsp3) is 0.0784. The fourth-order valence-electron chi connectivity index (χ4n) is 9.39. The molecule has 3 aliphatic rings. The summed E-state index contributed by atoms with van der Waals surface area (Å²) < 4.78 is 2.43. The molecule has 1 spiro atoms. The van der Waals surface area contributed by atoms with Crippen molar-refractivity contribution in [2.45, 2.75) is 24.7 Å². The number of hydrogen-bond acceptors (Lipinski definition) is 2. The SMILES string of the molecule is C=C1/C=C\C=C/CC2(c3ccc(C4=Cc5c(c6ccccc6n5-c5ccccc5)CC4)cc3-c3c(C=N)cccc32)c2ccccc2N1c1ccccc1. The van der Waals surface area contributed by atoms with E-state index < -0.39 is 5.41 Å². The number of para-hydroxylation sites is 4. The number of nitrogens with zero attached hydrogens (tertiary/aromatic N) is 2. The van der Waals surface area contributed by atoms with E-state index in [0.29, 0.717) is 0 Å². The largest absolute Gasteiger partial charge is 0.311 e. The number of aromatic nitrogens is 1. The van der Waals surface area contributed by atoms with Crippen LogP contribution in [0.1, 0.15) is 51.9 Å². The zero-order valence-electron chi connectivity index (χ0n) is 30.0. The molecule has 1 aliphatic heterocycles. The Morgan fingerprint density at radius 3 is 2.24 bits per heavy atom. The van der Waals surface area contributed by atoms with E-state index in [0.717, 1.165) is 47.5 Å². The van der Waals surface area contributed by atoms with Crippen molar-refractivity contribution in [2.24, 2.45) is 0 Å². The Hall–Kier alpha value is -6.71. The van der Waals surface area contributed by atoms with E-state index in [1.165, 1.54) is 67.5 Å². The first-order valence-corrected chi connectivity index (χ1v) is 18.8. The maximum atomic E-state index is 8.62. The van der Waals surface area contributed by atoms with Crippen LogP contribution in [0.2, 0.25) is 0 Å². The van der Waals surface area contributed by atoms with Gasteiger partial charge in [0, 0.05) is 34.2 Å². The van der Waals surface area contributed by atoms with Crippen molar-refractivity contribution < 1.29 is 0 Å². The molecule has 54 heavy (non-hydrogen) atoms. The van der Waals surface area contributed by atoms with Gasteiger partial charge in [0.25, 0.3) is 0 Å². The molecule has 3 heteroatoms. The van der Waals surface area contributed by atoms with Crippen LogP contribution in [-0.4, -0.2) is 10.8 Å². The zero-order valence-corrected chi connectivity index (χ0v) is 30.0. The summed E-state index contributed by atoms with van der Waals surface area (Å²) in [4.78, 5) is 2.29. The molecule has 0 saturated heterocycles. The second kappa shape index (κ2) is 12.8. The quantitative estimate of drug-likeness (QED) is 0.183. The first kappa shape index (κ1) is 32.0. The molecule has 3 nitrogen and oxygen atoms in total. The third-order valence-electron chi connectivity index (χ3n) is 11.7. The van der Waals surface area contributed by atoms with Gasteiger partial charge >= 0.3 is 0 Å². The average Bonchev–Trinajstić information content (AvgIpc) is 3.71. The molecule has 2 aliphatic carbocycles. The number of allylic oxidation sites excluding steroid dienone is 5. The van der Waals surface area contributed by atoms with Gasteiger partial charge in [0.2, 0.25) is 0 Å². The number of hydrogen-bond donors (Lipinski definition) is 1. The lowest BCUT2D eigenvalue weighted by atomic mass is 9.69. The summed E-state index contributed by atoms with van der Waals surface area (Å²) in [5, 5.41) is 9.95. The first-order chi connectivity index (χ1) is 26.7. The van der Waals surface area contributed by atoms with Crippen molar-refractivity contribution >= 4 is 40.1 Å². The van der Waals surface area contributed by atoms with Crippen LogP contribution in [-0.2, 0) is 11.8 Å². The Morgan fingerprint density at radius 2 is 1.41 bits per heavy atom. The molecule has 0 fully saturated rings. The molecule has 258 valence electrons. The van der Waals surface area contributed by atoms with Crippen molar-refractivity contribution in [1.29, 1.82) is 5.41 Å². The van der Waals surface area contributed by atoms with Gasteiger partial charge < -0.3 is 14.9 Å². The van der Waals surface area contributed by atoms with Crippen LogP contribution in [0.25, 0.3) is 39.4 Å². The van der Waals surface area contributed by atoms with Gasteiger partial charge in [-0.2, -0.15) is 0 Å². The Bertz CT molecular complexity index is 2730. The van der Waals surface area contributed by atoms with Crippen LogP contribution < -0.4 is 4.90 Å². The highest BCUT2D eigenvalue weighted by molar-refractivity contribution is 6.00. The van der Waals surface area contributed by atoms with Gasteiger partial charge in [-0.05, 0) is 118 Å². The third-order valence-corrected chi connectivity index (χ3v) is 11.7. The number of anilines is 2. The van der Waals surface area contributed by atoms with Crippen LogP contribution in [0.5, 0.6) is 0 Å². The third kappa shape index (κ3) is 4.78. The summed E-state index contributed by atoms with van der Waals surface area (Å²) in [7, 11) is 0. The summed E-state index contributed by atoms with van der Waals surface area (Å²) >= 11 is 0. The van der Waals surface area contributed by atoms with Crippen molar-refractivity contribution in [2.75, 3.05) is 4.90 Å². The summed E-state index contributed by atoms with van der Waals surface area (Å²) in [6.07, 6.45) is 15.3. The van der Waals surface area contributed by atoms with E-state index in [4.69, 9.17) is 5.41 Å². The predicted molar refractivity (Wildman–Crippen MR) is 226 cm³/mol. The maximum absolute atomic E-state index is 8.62. The number of nitrogens with one attached hydrogen (secondary N) is 1. The lowest BCUT2D eigenvalue weighted by Crippen LogP contribution is -2.30. The van der Waals surface area contributed by atoms with Crippen molar-refractivity contribution in [3.8, 4) is 16.8 Å². The highest BCUT2D eigenvalue weighted by Gasteiger charge is 2.46. The predicted octanol–water partition coefficient (Wildman–Crippen LogP) is 12.6. The Kier molecular flexibility index (Phi) is 7.55. The molecule has 0 saturated carbocycles. The van der Waals surface area contributed by atoms with E-state index >= 15 is 0 Å². The molecular formula is C51H39N3. The molecule has 1 atom stereocenters. The van der Waals surface area contributed by atoms with Gasteiger partial charge in [-0.1, -0.05) is 128 Å². The van der Waals surface area contributed by atoms with Crippen LogP contribution in [0.15, 0.2) is 182 Å². The van der Waals surface area contributed by atoms with Crippen LogP contribution in [0.4, 0.5) is 11.4 Å². The molecule has 6 aromatic carbocycles. The molecule has 2 heterocycles. The molecule has 1 aromatic heterocycles. The standard InChI is InChI=1S/C51H39N3/c1-35-16-5-4-14-31-51(45-23-11-13-26-48(45)53(35)39-18-6-2-7-19-39)44-30-28-36(32-43(44)50-38(34-52)17-15-24-46(50)51)37-27-29-42-41-22-10-12-25-47(41)54(49(42)33-37)40-20-8-3-9-21-40/h2-26,28,30,32-34,52H,1,27,29,31H2/b14-4-,16-5-,52-34?. The second-order valence-electron chi connectivity index (χ2n) is 14.5. The highest BCUT2D eigenvalue weighted by atomic mass is 15.1. The first-order valence-electron chi connectivity index (χ1n) is 18.8. The smallest absolute Gasteiger partial charge is 0.0537 e. The lowest BCUT2D eigenvalue weighted by Gasteiger charge is -2.38. The number of benzene rings is 6. The molecule has 7 aromatic rings. The Balaban J connectivity index is 1.21. The average molecular weight is 694 g/mol. The minimum Gasteiger partial charge on any atom is -0.311 e. The maximum Gasteiger partial charge on any atom is 0.0537 e. The summed E-state index contributed by atoms with van der Waals surface area (Å²) in [6, 6.07) is 52.6. The van der Waals surface area contributed by atoms with Crippen molar-refractivity contribution in [1.82, 2.24) is 4.57 Å². The Morgan fingerprint density at radius 1 is 0.667 bits per heavy atom. The van der Waals surface area contributed by atoms with Crippen LogP contribution >= 0.6 is 0 Å². The van der Waals surface area contributed by atoms with Gasteiger partial charge in [0.1, 0.15) is 0 Å². The molecule has 1 N–H and O–H groups in total. The van der Waals surface area contributed by atoms with E-state index in [9.17, 15) is 0 Å². The van der Waals surface area contributed by atoms with E-state index in [1.54, 1.807) is 0 Å². The van der Waals surface area contributed by atoms with Crippen LogP contribution in [0.3, 0.4) is 0 Å². The molecule has 0 amide bonds. The van der Waals surface area contributed by atoms with E-state index in [2.05, 4.69) is 192 Å². The summed E-state index contributed by atoms with van der Waals surface area (Å²) in [5.41, 5.74) is 17.3. The Labute approximate surface area is 316 Å². The molecule has 0 bridgehead atoms. The number of rotatable bonds is 4. The summed E-state index contributed by atoms with van der Waals surface area (Å²) in [6.45, 7) is 4.56. The zero-order chi connectivity index (χ0) is 36.2. The topological polar surface area (TPSA) is 32.0 Å². The van der Waals surface area contributed by atoms with Gasteiger partial charge in [0.15, 0.2) is 0 Å². The van der Waals surface area contributed by atoms with Crippen LogP contribution in [0, 0.1) is 5.41 Å². The van der Waals surface area contributed by atoms with Crippen molar-refractivity contribution in [3.63, 3.8) is 0 Å². The minimum atomic E-state index is -0.498. The lowest BCUT2D eigenvalue weighted by molar-refractivity contribution is 0.644. The van der Waals surface area contributed by atoms with E-state index in [-0.39, 0.29) is 0 Å². The molecule has 0 radical (unpaired) electrons. The minimum absolute atomic E-state index is 0.498. The van der Waals surface area contributed by atoms with Gasteiger partial charge in [-0.3, -0.25) is 0 Å². The fourth-order valence-corrected chi connectivity index (χ4v) is 9.39. The van der Waals surface area contributed by atoms with E-state index in [1.807, 2.05) is 0 Å². The second-order valence-corrected chi connectivity index (χ2v) is 14.5.